The molecule has 6 heteroatoms. The fourth-order valence-corrected chi connectivity index (χ4v) is 1.58. The van der Waals surface area contributed by atoms with E-state index < -0.39 is 23.5 Å². The summed E-state index contributed by atoms with van der Waals surface area (Å²) in [5, 5.41) is 10.1. The Labute approximate surface area is 123 Å². The van der Waals surface area contributed by atoms with Crippen molar-refractivity contribution < 1.29 is 24.2 Å². The monoisotopic (exact) mass is 295 g/mol. The number of nitrogens with two attached hydrogens (primary N) is 1. The second-order valence-corrected chi connectivity index (χ2v) is 5.73. The maximum Gasteiger partial charge on any atom is 0.516 e. The smallest absolute Gasteiger partial charge is 0.428 e. The molecule has 0 amide bonds. The molecule has 0 aliphatic heterocycles. The van der Waals surface area contributed by atoms with Gasteiger partial charge in [-0.05, 0) is 26.3 Å². The first-order valence-electron chi connectivity index (χ1n) is 6.60. The molecule has 0 aliphatic rings. The molecular weight excluding hydrogens is 274 g/mol. The van der Waals surface area contributed by atoms with Gasteiger partial charge in [0, 0.05) is 6.42 Å². The van der Waals surface area contributed by atoms with Crippen molar-refractivity contribution in [1.82, 2.24) is 0 Å². The minimum atomic E-state index is -1.66. The molecule has 0 unspecified atom stereocenters. The predicted octanol–water partition coefficient (Wildman–Crippen LogP) is 2.05. The highest BCUT2D eigenvalue weighted by molar-refractivity contribution is 5.81. The van der Waals surface area contributed by atoms with Crippen LogP contribution in [0.4, 0.5) is 4.79 Å². The summed E-state index contributed by atoms with van der Waals surface area (Å²) in [6, 6.07) is 8.55. The van der Waals surface area contributed by atoms with Gasteiger partial charge in [0.15, 0.2) is 0 Å². The van der Waals surface area contributed by atoms with Gasteiger partial charge in [0.2, 0.25) is 0 Å². The molecule has 0 saturated heterocycles. The van der Waals surface area contributed by atoms with E-state index in [9.17, 15) is 14.7 Å². The molecule has 116 valence electrons. The van der Waals surface area contributed by atoms with Crippen molar-refractivity contribution in [3.8, 4) is 0 Å². The number of benzene rings is 1. The summed E-state index contributed by atoms with van der Waals surface area (Å²) in [5.74, 6) is -0.802. The van der Waals surface area contributed by atoms with Gasteiger partial charge in [-0.15, -0.1) is 0 Å². The average Bonchev–Trinajstić information content (AvgIpc) is 2.35. The van der Waals surface area contributed by atoms with Crippen LogP contribution in [-0.2, 0) is 20.0 Å². The molecule has 3 N–H and O–H groups in total. The van der Waals surface area contributed by atoms with Gasteiger partial charge in [-0.1, -0.05) is 30.3 Å². The van der Waals surface area contributed by atoms with Gasteiger partial charge < -0.3 is 14.6 Å². The van der Waals surface area contributed by atoms with Gasteiger partial charge in [0.1, 0.15) is 11.3 Å². The second kappa shape index (κ2) is 6.69. The summed E-state index contributed by atoms with van der Waals surface area (Å²) in [4.78, 5) is 22.8. The lowest BCUT2D eigenvalue weighted by Crippen LogP contribution is -2.37. The quantitative estimate of drug-likeness (QED) is 0.501. The Morgan fingerprint density at radius 1 is 1.19 bits per heavy atom. The molecular formula is C15H21NO5. The zero-order valence-corrected chi connectivity index (χ0v) is 12.5. The van der Waals surface area contributed by atoms with E-state index in [-0.39, 0.29) is 12.8 Å². The molecule has 0 radical (unpaired) electrons. The van der Waals surface area contributed by atoms with Gasteiger partial charge in [-0.2, -0.15) is 0 Å². The molecule has 0 aromatic heterocycles. The van der Waals surface area contributed by atoms with Crippen LogP contribution >= 0.6 is 0 Å². The van der Waals surface area contributed by atoms with E-state index in [0.29, 0.717) is 5.56 Å². The maximum absolute atomic E-state index is 11.5. The maximum atomic E-state index is 11.5. The van der Waals surface area contributed by atoms with Crippen LogP contribution in [0.25, 0.3) is 0 Å². The van der Waals surface area contributed by atoms with Crippen molar-refractivity contribution in [2.45, 2.75) is 44.9 Å². The Kier molecular flexibility index (Phi) is 5.46. The van der Waals surface area contributed by atoms with Gasteiger partial charge in [0.05, 0.1) is 6.42 Å². The van der Waals surface area contributed by atoms with Gasteiger partial charge in [-0.3, -0.25) is 10.5 Å². The first-order valence-corrected chi connectivity index (χ1v) is 6.60. The molecule has 0 bridgehead atoms. The summed E-state index contributed by atoms with van der Waals surface area (Å²) in [6.07, 6.45) is -1.34. The molecule has 0 spiro atoms. The molecule has 1 atom stereocenters. The third-order valence-corrected chi connectivity index (χ3v) is 2.57. The van der Waals surface area contributed by atoms with Crippen molar-refractivity contribution in [3.05, 3.63) is 35.9 Å². The lowest BCUT2D eigenvalue weighted by molar-refractivity contribution is -0.143. The summed E-state index contributed by atoms with van der Waals surface area (Å²) < 4.78 is 9.34. The number of aliphatic hydroxyl groups is 1. The van der Waals surface area contributed by atoms with Crippen LogP contribution in [0, 0.1) is 0 Å². The molecule has 0 fully saturated rings. The van der Waals surface area contributed by atoms with Crippen LogP contribution in [0.2, 0.25) is 0 Å². The molecule has 0 aliphatic carbocycles. The topological polar surface area (TPSA) is 98.9 Å². The standard InChI is InChI=1S/C15H21NO5/c1-14(2,3)21-13(18)20-12(17)9-10-15(16,19)11-7-5-4-6-8-11/h4-8,19H,9-10,16H2,1-3H3/t15-/m1/s1. The normalized spacial score (nSPS) is 14.1. The minimum absolute atomic E-state index is 0.0708. The molecule has 1 aromatic rings. The third-order valence-electron chi connectivity index (χ3n) is 2.57. The largest absolute Gasteiger partial charge is 0.516 e. The van der Waals surface area contributed by atoms with E-state index >= 15 is 0 Å². The van der Waals surface area contributed by atoms with Crippen LogP contribution in [0.1, 0.15) is 39.2 Å². The first-order chi connectivity index (χ1) is 9.60. The van der Waals surface area contributed by atoms with E-state index in [1.165, 1.54) is 0 Å². The summed E-state index contributed by atoms with van der Waals surface area (Å²) in [5.41, 5.74) is 3.83. The number of esters is 1. The molecule has 0 heterocycles. The van der Waals surface area contributed by atoms with Gasteiger partial charge >= 0.3 is 12.1 Å². The first kappa shape index (κ1) is 17.1. The van der Waals surface area contributed by atoms with Crippen LogP contribution in [-0.4, -0.2) is 22.8 Å². The Balaban J connectivity index is 2.48. The SMILES string of the molecule is CC(C)(C)OC(=O)OC(=O)CC[C@@](N)(O)c1ccccc1. The van der Waals surface area contributed by atoms with E-state index in [1.54, 1.807) is 51.1 Å². The summed E-state index contributed by atoms with van der Waals surface area (Å²) >= 11 is 0. The zero-order valence-electron chi connectivity index (χ0n) is 12.5. The van der Waals surface area contributed by atoms with E-state index in [0.717, 1.165) is 0 Å². The summed E-state index contributed by atoms with van der Waals surface area (Å²) in [6.45, 7) is 4.98. The Bertz CT molecular complexity index is 491. The zero-order chi connectivity index (χ0) is 16.1. The Hall–Kier alpha value is -1.92. The minimum Gasteiger partial charge on any atom is -0.428 e. The summed E-state index contributed by atoms with van der Waals surface area (Å²) in [7, 11) is 0. The van der Waals surface area contributed by atoms with Crippen molar-refractivity contribution in [2.75, 3.05) is 0 Å². The van der Waals surface area contributed by atoms with Crippen LogP contribution in [0.3, 0.4) is 0 Å². The van der Waals surface area contributed by atoms with E-state index in [2.05, 4.69) is 4.74 Å². The lowest BCUT2D eigenvalue weighted by atomic mass is 9.99. The van der Waals surface area contributed by atoms with Crippen molar-refractivity contribution >= 4 is 12.1 Å². The van der Waals surface area contributed by atoms with Crippen LogP contribution < -0.4 is 5.73 Å². The van der Waals surface area contributed by atoms with Gasteiger partial charge in [0.25, 0.3) is 0 Å². The number of rotatable bonds is 4. The number of carbonyl (C=O) groups excluding carboxylic acids is 2. The lowest BCUT2D eigenvalue weighted by Gasteiger charge is -2.23. The fourth-order valence-electron chi connectivity index (χ4n) is 1.58. The Morgan fingerprint density at radius 3 is 2.29 bits per heavy atom. The van der Waals surface area contributed by atoms with E-state index in [1.807, 2.05) is 0 Å². The average molecular weight is 295 g/mol. The second-order valence-electron chi connectivity index (χ2n) is 5.73. The molecule has 6 nitrogen and oxygen atoms in total. The van der Waals surface area contributed by atoms with Crippen LogP contribution in [0.15, 0.2) is 30.3 Å². The molecule has 1 rings (SSSR count). The number of hydrogen-bond acceptors (Lipinski definition) is 6. The predicted molar refractivity (Wildman–Crippen MR) is 76.1 cm³/mol. The molecule has 21 heavy (non-hydrogen) atoms. The highest BCUT2D eigenvalue weighted by Crippen LogP contribution is 2.20. The highest BCUT2D eigenvalue weighted by Gasteiger charge is 2.26. The van der Waals surface area contributed by atoms with E-state index in [4.69, 9.17) is 10.5 Å². The number of carbonyl (C=O) groups is 2. The molecule has 1 aromatic carbocycles. The van der Waals surface area contributed by atoms with Crippen molar-refractivity contribution in [3.63, 3.8) is 0 Å². The number of hydrogen-bond donors (Lipinski definition) is 2. The Morgan fingerprint density at radius 2 is 1.76 bits per heavy atom. The van der Waals surface area contributed by atoms with Crippen LogP contribution in [0.5, 0.6) is 0 Å². The molecule has 0 saturated carbocycles. The number of ether oxygens (including phenoxy) is 2. The fraction of sp³-hybridized carbons (Fsp3) is 0.467. The van der Waals surface area contributed by atoms with Crippen molar-refractivity contribution in [1.29, 1.82) is 0 Å². The highest BCUT2D eigenvalue weighted by atomic mass is 16.7. The third kappa shape index (κ3) is 6.37. The van der Waals surface area contributed by atoms with Gasteiger partial charge in [-0.25, -0.2) is 4.79 Å². The van der Waals surface area contributed by atoms with Crippen molar-refractivity contribution in [2.24, 2.45) is 5.73 Å².